The van der Waals surface area contributed by atoms with Crippen LogP contribution < -0.4 is 10.2 Å². The molecule has 2 fully saturated rings. The van der Waals surface area contributed by atoms with Crippen molar-refractivity contribution in [2.75, 3.05) is 43.4 Å². The summed E-state index contributed by atoms with van der Waals surface area (Å²) < 4.78 is 40.6. The fourth-order valence-electron chi connectivity index (χ4n) is 4.25. The minimum Gasteiger partial charge on any atom is -0.367 e. The van der Waals surface area contributed by atoms with Gasteiger partial charge in [-0.2, -0.15) is 4.31 Å². The highest BCUT2D eigenvalue weighted by Gasteiger charge is 2.27. The van der Waals surface area contributed by atoms with Gasteiger partial charge in [0.1, 0.15) is 5.82 Å². The van der Waals surface area contributed by atoms with Crippen LogP contribution in [-0.2, 0) is 14.8 Å². The van der Waals surface area contributed by atoms with Crippen LogP contribution in [0.1, 0.15) is 44.9 Å². The lowest BCUT2D eigenvalue weighted by molar-refractivity contribution is -0.122. The second-order valence-corrected chi connectivity index (χ2v) is 10.2. The molecule has 1 aromatic rings. The van der Waals surface area contributed by atoms with Crippen LogP contribution in [0, 0.1) is 11.7 Å². The van der Waals surface area contributed by atoms with Crippen molar-refractivity contribution in [3.8, 4) is 0 Å². The van der Waals surface area contributed by atoms with E-state index in [0.29, 0.717) is 57.2 Å². The maximum Gasteiger partial charge on any atom is 0.220 e. The van der Waals surface area contributed by atoms with E-state index in [9.17, 15) is 17.6 Å². The third kappa shape index (κ3) is 6.40. The second-order valence-electron chi connectivity index (χ2n) is 8.07. The van der Waals surface area contributed by atoms with Crippen LogP contribution in [0.2, 0.25) is 0 Å². The number of rotatable bonds is 8. The minimum absolute atomic E-state index is 0.0242. The molecule has 0 unspecified atom stereocenters. The van der Waals surface area contributed by atoms with Crippen LogP contribution in [0.4, 0.5) is 10.1 Å². The molecule has 0 radical (unpaired) electrons. The summed E-state index contributed by atoms with van der Waals surface area (Å²) in [5.74, 6) is 0.259. The number of piperazine rings is 1. The lowest BCUT2D eigenvalue weighted by atomic mass is 9.87. The first-order valence-electron chi connectivity index (χ1n) is 10.7. The summed E-state index contributed by atoms with van der Waals surface area (Å²) in [4.78, 5) is 13.9. The van der Waals surface area contributed by atoms with Gasteiger partial charge in [-0.1, -0.05) is 31.4 Å². The van der Waals surface area contributed by atoms with Crippen molar-refractivity contribution in [2.45, 2.75) is 44.9 Å². The molecule has 1 aromatic carbocycles. The summed E-state index contributed by atoms with van der Waals surface area (Å²) in [6.07, 6.45) is 6.91. The van der Waals surface area contributed by atoms with Crippen molar-refractivity contribution in [1.29, 1.82) is 0 Å². The van der Waals surface area contributed by atoms with Gasteiger partial charge < -0.3 is 10.2 Å². The smallest absolute Gasteiger partial charge is 0.220 e. The van der Waals surface area contributed by atoms with Gasteiger partial charge in [0.25, 0.3) is 0 Å². The van der Waals surface area contributed by atoms with E-state index in [1.165, 1.54) is 29.6 Å². The number of anilines is 1. The van der Waals surface area contributed by atoms with Crippen LogP contribution in [0.25, 0.3) is 0 Å². The Labute approximate surface area is 173 Å². The molecule has 3 rings (SSSR count). The van der Waals surface area contributed by atoms with Gasteiger partial charge in [0.05, 0.1) is 11.4 Å². The van der Waals surface area contributed by atoms with Crippen LogP contribution in [-0.4, -0.2) is 57.1 Å². The first-order valence-corrected chi connectivity index (χ1v) is 12.3. The molecule has 1 N–H and O–H groups in total. The van der Waals surface area contributed by atoms with Gasteiger partial charge in [-0.05, 0) is 37.3 Å². The van der Waals surface area contributed by atoms with Crippen molar-refractivity contribution in [1.82, 2.24) is 9.62 Å². The molecule has 6 nitrogen and oxygen atoms in total. The molecular formula is C21H32FN3O3S. The molecule has 0 spiro atoms. The Morgan fingerprint density at radius 3 is 2.45 bits per heavy atom. The summed E-state index contributed by atoms with van der Waals surface area (Å²) >= 11 is 0. The Bertz CT molecular complexity index is 773. The van der Waals surface area contributed by atoms with E-state index >= 15 is 0 Å². The zero-order valence-corrected chi connectivity index (χ0v) is 17.8. The molecule has 1 aliphatic heterocycles. The zero-order chi connectivity index (χ0) is 20.7. The Balaban J connectivity index is 1.37. The number of carbonyl (C=O) groups is 1. The lowest BCUT2D eigenvalue weighted by Gasteiger charge is -2.35. The van der Waals surface area contributed by atoms with E-state index in [1.54, 1.807) is 18.2 Å². The SMILES string of the molecule is O=C(CC1CCCCC1)NCCCS(=O)(=O)N1CCN(c2ccccc2F)CC1. The Kier molecular flexibility index (Phi) is 7.89. The molecular weight excluding hydrogens is 393 g/mol. The predicted molar refractivity (Wildman–Crippen MR) is 113 cm³/mol. The van der Waals surface area contributed by atoms with Crippen LogP contribution in [0.15, 0.2) is 24.3 Å². The van der Waals surface area contributed by atoms with Crippen LogP contribution >= 0.6 is 0 Å². The van der Waals surface area contributed by atoms with Crippen LogP contribution in [0.5, 0.6) is 0 Å². The summed E-state index contributed by atoms with van der Waals surface area (Å²) in [5.41, 5.74) is 0.519. The zero-order valence-electron chi connectivity index (χ0n) is 17.0. The number of hydrogen-bond donors (Lipinski definition) is 1. The van der Waals surface area contributed by atoms with Crippen molar-refractivity contribution >= 4 is 21.6 Å². The van der Waals surface area contributed by atoms with E-state index < -0.39 is 10.0 Å². The van der Waals surface area contributed by atoms with Crippen molar-refractivity contribution in [3.05, 3.63) is 30.1 Å². The quantitative estimate of drug-likeness (QED) is 0.651. The van der Waals surface area contributed by atoms with E-state index in [2.05, 4.69) is 5.32 Å². The van der Waals surface area contributed by atoms with Gasteiger partial charge in [0.2, 0.25) is 15.9 Å². The number of halogens is 1. The first kappa shape index (κ1) is 22.0. The standard InChI is InChI=1S/C21H32FN3O3S/c22-19-9-4-5-10-20(19)24-12-14-25(15-13-24)29(27,28)16-6-11-23-21(26)17-18-7-2-1-3-8-18/h4-5,9-10,18H,1-3,6-8,11-17H2,(H,23,26). The first-order chi connectivity index (χ1) is 14.0. The molecule has 0 aromatic heterocycles. The number of para-hydroxylation sites is 1. The lowest BCUT2D eigenvalue weighted by Crippen LogP contribution is -2.49. The number of hydrogen-bond acceptors (Lipinski definition) is 4. The molecule has 1 amide bonds. The van der Waals surface area contributed by atoms with Gasteiger partial charge in [-0.25, -0.2) is 12.8 Å². The monoisotopic (exact) mass is 425 g/mol. The number of nitrogens with one attached hydrogen (secondary N) is 1. The third-order valence-corrected chi connectivity index (χ3v) is 7.88. The third-order valence-electron chi connectivity index (χ3n) is 5.93. The van der Waals surface area contributed by atoms with Crippen molar-refractivity contribution in [2.24, 2.45) is 5.92 Å². The summed E-state index contributed by atoms with van der Waals surface area (Å²) in [5, 5.41) is 2.87. The number of nitrogens with zero attached hydrogens (tertiary/aromatic N) is 2. The average molecular weight is 426 g/mol. The van der Waals surface area contributed by atoms with E-state index in [1.807, 2.05) is 4.90 Å². The molecule has 162 valence electrons. The van der Waals surface area contributed by atoms with Gasteiger partial charge in [-0.3, -0.25) is 4.79 Å². The molecule has 1 saturated heterocycles. The molecule has 0 bridgehead atoms. The summed E-state index contributed by atoms with van der Waals surface area (Å²) in [6.45, 7) is 2.03. The molecule has 1 saturated carbocycles. The predicted octanol–water partition coefficient (Wildman–Crippen LogP) is 2.75. The van der Waals surface area contributed by atoms with E-state index in [-0.39, 0.29) is 17.5 Å². The highest BCUT2D eigenvalue weighted by atomic mass is 32.2. The average Bonchev–Trinajstić information content (AvgIpc) is 2.72. The Morgan fingerprint density at radius 2 is 1.76 bits per heavy atom. The largest absolute Gasteiger partial charge is 0.367 e. The summed E-state index contributed by atoms with van der Waals surface area (Å²) in [6, 6.07) is 6.56. The Hall–Kier alpha value is -1.67. The fraction of sp³-hybridized carbons (Fsp3) is 0.667. The summed E-state index contributed by atoms with van der Waals surface area (Å²) in [7, 11) is -3.36. The fourth-order valence-corrected chi connectivity index (χ4v) is 5.74. The number of amides is 1. The number of carbonyl (C=O) groups excluding carboxylic acids is 1. The topological polar surface area (TPSA) is 69.7 Å². The van der Waals surface area contributed by atoms with E-state index in [4.69, 9.17) is 0 Å². The highest BCUT2D eigenvalue weighted by Crippen LogP contribution is 2.26. The maximum atomic E-state index is 13.9. The van der Waals surface area contributed by atoms with Crippen molar-refractivity contribution < 1.29 is 17.6 Å². The molecule has 29 heavy (non-hydrogen) atoms. The van der Waals surface area contributed by atoms with Gasteiger partial charge in [-0.15, -0.1) is 0 Å². The Morgan fingerprint density at radius 1 is 1.07 bits per heavy atom. The number of benzene rings is 1. The minimum atomic E-state index is -3.36. The molecule has 1 aliphatic carbocycles. The van der Waals surface area contributed by atoms with Crippen molar-refractivity contribution in [3.63, 3.8) is 0 Å². The highest BCUT2D eigenvalue weighted by molar-refractivity contribution is 7.89. The normalized spacial score (nSPS) is 19.3. The van der Waals surface area contributed by atoms with E-state index in [0.717, 1.165) is 12.8 Å². The number of sulfonamides is 1. The molecule has 1 heterocycles. The molecule has 0 atom stereocenters. The molecule has 2 aliphatic rings. The van der Waals surface area contributed by atoms with Crippen LogP contribution in [0.3, 0.4) is 0 Å². The molecule has 8 heteroatoms. The maximum absolute atomic E-state index is 13.9. The second kappa shape index (κ2) is 10.4. The van der Waals surface area contributed by atoms with Gasteiger partial charge in [0, 0.05) is 39.1 Å². The van der Waals surface area contributed by atoms with Gasteiger partial charge in [0.15, 0.2) is 0 Å². The van der Waals surface area contributed by atoms with Gasteiger partial charge >= 0.3 is 0 Å².